The fourth-order valence-electron chi connectivity index (χ4n) is 3.86. The van der Waals surface area contributed by atoms with Crippen LogP contribution in [0.5, 0.6) is 0 Å². The normalized spacial score (nSPS) is 17.9. The molecule has 1 aliphatic heterocycles. The summed E-state index contributed by atoms with van der Waals surface area (Å²) in [7, 11) is -3.49. The molecule has 14 heteroatoms. The van der Waals surface area contributed by atoms with E-state index in [2.05, 4.69) is 15.5 Å². The summed E-state index contributed by atoms with van der Waals surface area (Å²) >= 11 is 6.27. The van der Waals surface area contributed by atoms with Crippen LogP contribution < -0.4 is 5.32 Å². The van der Waals surface area contributed by atoms with Crippen LogP contribution in [0, 0.1) is 0 Å². The summed E-state index contributed by atoms with van der Waals surface area (Å²) in [6.07, 6.45) is -0.910. The molecule has 2 amide bonds. The number of carbonyl (C=O) groups excluding carboxylic acids is 2. The van der Waals surface area contributed by atoms with Gasteiger partial charge in [0.15, 0.2) is 9.84 Å². The Morgan fingerprint density at radius 2 is 2.08 bits per heavy atom. The molecule has 2 heterocycles. The maximum atomic E-state index is 13.8. The summed E-state index contributed by atoms with van der Waals surface area (Å²) in [5, 5.41) is 16.2. The molecule has 0 radical (unpaired) electrons. The third kappa shape index (κ3) is 7.39. The SMILES string of the molecule is CC(C)(C)OC(=O)N[C@H](C(=O)N1CC[C@H](F)C1)[C@H](CCO)c1nc(-c2ccc(S(C)(=O)=O)cc2Cl)no1. The molecule has 3 rings (SSSR count). The first-order valence-electron chi connectivity index (χ1n) is 11.6. The molecule has 1 aromatic heterocycles. The largest absolute Gasteiger partial charge is 0.444 e. The minimum atomic E-state index is -3.49. The topological polar surface area (TPSA) is 152 Å². The number of alkyl carbamates (subject to hydrolysis) is 1. The minimum Gasteiger partial charge on any atom is -0.444 e. The van der Waals surface area contributed by atoms with E-state index >= 15 is 0 Å². The number of amides is 2. The molecule has 1 fully saturated rings. The number of ether oxygens (including phenoxy) is 1. The number of likely N-dealkylation sites (tertiary alicyclic amines) is 1. The number of rotatable bonds is 8. The Hall–Kier alpha value is -2.77. The third-order valence-corrected chi connectivity index (χ3v) is 7.01. The molecule has 204 valence electrons. The standard InChI is InChI=1S/C23H30ClFN4O7S/c1-23(2,3)35-22(32)26-18(21(31)29-9-7-13(25)12-29)16(8-10-30)20-27-19(28-36-20)15-6-5-14(11-17(15)24)37(4,33)34/h5-6,11,13,16,18,30H,7-10,12H2,1-4H3,(H,26,32)/t13-,16-,18-/m0/s1. The highest BCUT2D eigenvalue weighted by atomic mass is 35.5. The van der Waals surface area contributed by atoms with E-state index in [4.69, 9.17) is 20.9 Å². The monoisotopic (exact) mass is 560 g/mol. The molecule has 2 N–H and O–H groups in total. The Kier molecular flexibility index (Phi) is 8.81. The molecule has 0 bridgehead atoms. The van der Waals surface area contributed by atoms with Gasteiger partial charge in [-0.15, -0.1) is 0 Å². The predicted octanol–water partition coefficient (Wildman–Crippen LogP) is 2.72. The van der Waals surface area contributed by atoms with Crippen molar-refractivity contribution in [2.75, 3.05) is 26.0 Å². The van der Waals surface area contributed by atoms with Gasteiger partial charge in [-0.25, -0.2) is 17.6 Å². The second kappa shape index (κ2) is 11.3. The van der Waals surface area contributed by atoms with E-state index in [0.717, 1.165) is 6.26 Å². The van der Waals surface area contributed by atoms with Gasteiger partial charge in [0, 0.05) is 25.0 Å². The molecule has 11 nitrogen and oxygen atoms in total. The average molecular weight is 561 g/mol. The predicted molar refractivity (Wildman–Crippen MR) is 132 cm³/mol. The Labute approximate surface area is 219 Å². The molecule has 1 aromatic carbocycles. The van der Waals surface area contributed by atoms with Crippen LogP contribution in [0.3, 0.4) is 0 Å². The number of sulfone groups is 1. The first-order valence-corrected chi connectivity index (χ1v) is 13.8. The lowest BCUT2D eigenvalue weighted by molar-refractivity contribution is -0.133. The number of aliphatic hydroxyl groups is 1. The fourth-order valence-corrected chi connectivity index (χ4v) is 4.84. The van der Waals surface area contributed by atoms with Crippen molar-refractivity contribution in [3.63, 3.8) is 0 Å². The van der Waals surface area contributed by atoms with Gasteiger partial charge < -0.3 is 24.6 Å². The van der Waals surface area contributed by atoms with Crippen molar-refractivity contribution in [3.05, 3.63) is 29.1 Å². The molecular formula is C23H30ClFN4O7S. The number of hydrogen-bond acceptors (Lipinski definition) is 9. The number of aliphatic hydroxyl groups excluding tert-OH is 1. The maximum Gasteiger partial charge on any atom is 0.408 e. The molecule has 0 aliphatic carbocycles. The van der Waals surface area contributed by atoms with Crippen LogP contribution in [0.2, 0.25) is 5.02 Å². The van der Waals surface area contributed by atoms with Crippen LogP contribution in [0.25, 0.3) is 11.4 Å². The number of nitrogens with zero attached hydrogens (tertiary/aromatic N) is 3. The van der Waals surface area contributed by atoms with E-state index in [9.17, 15) is 27.5 Å². The van der Waals surface area contributed by atoms with Crippen LogP contribution in [0.1, 0.15) is 45.4 Å². The van der Waals surface area contributed by atoms with E-state index in [-0.39, 0.29) is 53.1 Å². The zero-order valence-corrected chi connectivity index (χ0v) is 22.5. The van der Waals surface area contributed by atoms with Crippen molar-refractivity contribution in [1.82, 2.24) is 20.4 Å². The minimum absolute atomic E-state index is 0.00660. The number of aromatic nitrogens is 2. The summed E-state index contributed by atoms with van der Waals surface area (Å²) in [5.74, 6) is -1.65. The summed E-state index contributed by atoms with van der Waals surface area (Å²) in [4.78, 5) is 31.6. The highest BCUT2D eigenvalue weighted by Gasteiger charge is 2.40. The first kappa shape index (κ1) is 28.8. The van der Waals surface area contributed by atoms with Crippen LogP contribution in [0.4, 0.5) is 9.18 Å². The molecule has 2 aromatic rings. The Morgan fingerprint density at radius 3 is 2.62 bits per heavy atom. The molecule has 0 spiro atoms. The van der Waals surface area contributed by atoms with Crippen molar-refractivity contribution in [2.45, 2.75) is 62.2 Å². The van der Waals surface area contributed by atoms with Gasteiger partial charge in [-0.2, -0.15) is 4.98 Å². The summed E-state index contributed by atoms with van der Waals surface area (Å²) in [6, 6.07) is 2.71. The van der Waals surface area contributed by atoms with Crippen LogP contribution in [0.15, 0.2) is 27.6 Å². The van der Waals surface area contributed by atoms with Crippen LogP contribution in [-0.4, -0.2) is 84.3 Å². The number of hydrogen-bond donors (Lipinski definition) is 2. The second-order valence-electron chi connectivity index (χ2n) is 9.78. The Morgan fingerprint density at radius 1 is 1.38 bits per heavy atom. The van der Waals surface area contributed by atoms with Gasteiger partial charge in [-0.3, -0.25) is 4.79 Å². The van der Waals surface area contributed by atoms with Crippen LogP contribution in [-0.2, 0) is 19.4 Å². The van der Waals surface area contributed by atoms with E-state index in [1.54, 1.807) is 20.8 Å². The van der Waals surface area contributed by atoms with Crippen molar-refractivity contribution < 1.29 is 36.8 Å². The van der Waals surface area contributed by atoms with Gasteiger partial charge in [0.25, 0.3) is 0 Å². The summed E-state index contributed by atoms with van der Waals surface area (Å²) in [6.45, 7) is 4.62. The van der Waals surface area contributed by atoms with E-state index < -0.39 is 52.2 Å². The third-order valence-electron chi connectivity index (χ3n) is 5.59. The molecule has 1 aliphatic rings. The van der Waals surface area contributed by atoms with Gasteiger partial charge in [-0.05, 0) is 51.8 Å². The van der Waals surface area contributed by atoms with Gasteiger partial charge in [0.2, 0.25) is 17.6 Å². The molecule has 0 unspecified atom stereocenters. The smallest absolute Gasteiger partial charge is 0.408 e. The molecule has 1 saturated heterocycles. The number of halogens is 2. The Bertz CT molecular complexity index is 1250. The molecule has 37 heavy (non-hydrogen) atoms. The fraction of sp³-hybridized carbons (Fsp3) is 0.565. The van der Waals surface area contributed by atoms with Crippen LogP contribution >= 0.6 is 11.6 Å². The van der Waals surface area contributed by atoms with Crippen molar-refractivity contribution in [1.29, 1.82) is 0 Å². The van der Waals surface area contributed by atoms with E-state index in [1.165, 1.54) is 23.1 Å². The number of benzene rings is 1. The van der Waals surface area contributed by atoms with Crippen molar-refractivity contribution in [2.24, 2.45) is 0 Å². The lowest BCUT2D eigenvalue weighted by Crippen LogP contribution is -2.52. The molecular weight excluding hydrogens is 531 g/mol. The first-order chi connectivity index (χ1) is 17.2. The zero-order valence-electron chi connectivity index (χ0n) is 20.9. The van der Waals surface area contributed by atoms with Gasteiger partial charge >= 0.3 is 6.09 Å². The molecule has 3 atom stereocenters. The highest BCUT2D eigenvalue weighted by molar-refractivity contribution is 7.90. The summed E-state index contributed by atoms with van der Waals surface area (Å²) < 4.78 is 48.2. The lowest BCUT2D eigenvalue weighted by atomic mass is 9.94. The quantitative estimate of drug-likeness (QED) is 0.496. The van der Waals surface area contributed by atoms with E-state index in [0.29, 0.717) is 0 Å². The van der Waals surface area contributed by atoms with E-state index in [1.807, 2.05) is 0 Å². The van der Waals surface area contributed by atoms with Gasteiger partial charge in [-0.1, -0.05) is 16.8 Å². The number of carbonyl (C=O) groups is 2. The van der Waals surface area contributed by atoms with Gasteiger partial charge in [0.05, 0.1) is 22.4 Å². The lowest BCUT2D eigenvalue weighted by Gasteiger charge is -2.29. The second-order valence-corrected chi connectivity index (χ2v) is 12.2. The molecule has 0 saturated carbocycles. The highest BCUT2D eigenvalue weighted by Crippen LogP contribution is 2.31. The van der Waals surface area contributed by atoms with Crippen molar-refractivity contribution >= 4 is 33.4 Å². The average Bonchev–Trinajstić information content (AvgIpc) is 3.43. The number of nitrogens with one attached hydrogen (secondary N) is 1. The summed E-state index contributed by atoms with van der Waals surface area (Å²) in [5.41, 5.74) is -0.580. The zero-order chi connectivity index (χ0) is 27.5. The number of alkyl halides is 1. The Balaban J connectivity index is 1.96. The van der Waals surface area contributed by atoms with Crippen molar-refractivity contribution in [3.8, 4) is 11.4 Å². The van der Waals surface area contributed by atoms with Gasteiger partial charge in [0.1, 0.15) is 17.8 Å². The maximum absolute atomic E-state index is 13.8.